The van der Waals surface area contributed by atoms with Crippen LogP contribution in [0.4, 0.5) is 27.8 Å². The Balaban J connectivity index is 0.705. The van der Waals surface area contributed by atoms with Crippen molar-refractivity contribution in [2.75, 3.05) is 55.9 Å². The fourth-order valence-corrected chi connectivity index (χ4v) is 11.1. The summed E-state index contributed by atoms with van der Waals surface area (Å²) in [7, 11) is 5.28. The Labute approximate surface area is 389 Å². The van der Waals surface area contributed by atoms with Crippen molar-refractivity contribution in [2.45, 2.75) is 88.1 Å². The van der Waals surface area contributed by atoms with E-state index in [0.717, 1.165) is 87.0 Å². The summed E-state index contributed by atoms with van der Waals surface area (Å²) in [6.45, 7) is 4.17. The lowest BCUT2D eigenvalue weighted by Gasteiger charge is -2.55. The number of aryl methyl sites for hydroxylation is 1. The largest absolute Gasteiger partial charge is 0.379 e. The molecule has 2 spiro atoms. The summed E-state index contributed by atoms with van der Waals surface area (Å²) < 4.78 is 12.3. The van der Waals surface area contributed by atoms with Crippen LogP contribution < -0.4 is 31.7 Å². The number of piperidine rings is 2. The van der Waals surface area contributed by atoms with Gasteiger partial charge in [0.15, 0.2) is 11.5 Å². The number of carbonyl (C=O) groups excluding carboxylic acids is 4. The molecule has 1 unspecified atom stereocenters. The van der Waals surface area contributed by atoms with Gasteiger partial charge in [-0.2, -0.15) is 19.8 Å². The summed E-state index contributed by atoms with van der Waals surface area (Å²) in [6, 6.07) is 13.3. The standard InChI is InChI=1S/C47H53N15O6/c1-48-37-21-36(52-41-31(22-49-62(37)41)43(65)51-32-9-10-35(32)68-3)50-33-5-4-16-59(44(33)66)38-20-28-23-60(47(12-13-47)26-61(28)54-38)45(67)58-24-46(25-58)14-17-57(18-15-46)27-6-7-29-34(19-27)56(2)55-40(29)30-8-11-39(63)53-42(30)64/h4-7,16,19-22,30,32,35,48H,8-15,17-18,23-26H2,1-3H3,(H,50,52)(H,51,65)(H,53,63,64)/t30?,32-,35-/m1/s1. The summed E-state index contributed by atoms with van der Waals surface area (Å²) in [5.74, 6) is 0.118. The van der Waals surface area contributed by atoms with Crippen LogP contribution in [0.25, 0.3) is 22.4 Å². The number of hydrogen-bond acceptors (Lipinski definition) is 13. The van der Waals surface area contributed by atoms with E-state index in [2.05, 4.69) is 49.5 Å². The molecule has 5 aromatic heterocycles. The fraction of sp³-hybridized carbons (Fsp3) is 0.468. The SMILES string of the molecule is CNc1cc(Nc2cccn(-c3cc4n(n3)CC3(CC3)N(C(=O)N3CC5(CCN(c6ccc7c(C8CCC(=O)NC8=O)nn(C)c7c6)CC5)C3)C4)c2=O)nc2c(C(=O)N[C@@H]3CC[C@H]3OC)cnn12. The third kappa shape index (κ3) is 6.87. The quantitative estimate of drug-likeness (QED) is 0.153. The number of hydrogen-bond donors (Lipinski definition) is 4. The number of pyridine rings is 1. The number of ether oxygens (including phenoxy) is 1. The van der Waals surface area contributed by atoms with Crippen molar-refractivity contribution in [1.82, 2.24) is 59.2 Å². The number of anilines is 4. The second kappa shape index (κ2) is 15.6. The van der Waals surface area contributed by atoms with Crippen molar-refractivity contribution in [3.05, 3.63) is 82.2 Å². The van der Waals surface area contributed by atoms with Crippen LogP contribution >= 0.6 is 0 Å². The first kappa shape index (κ1) is 42.1. The lowest BCUT2D eigenvalue weighted by atomic mass is 9.72. The predicted octanol–water partition coefficient (Wildman–Crippen LogP) is 3.25. The van der Waals surface area contributed by atoms with Gasteiger partial charge in [-0.1, -0.05) is 0 Å². The van der Waals surface area contributed by atoms with Crippen LogP contribution in [0.3, 0.4) is 0 Å². The third-order valence-electron chi connectivity index (χ3n) is 15.5. The molecule has 21 heteroatoms. The van der Waals surface area contributed by atoms with E-state index in [1.807, 2.05) is 32.3 Å². The van der Waals surface area contributed by atoms with Gasteiger partial charge < -0.3 is 35.4 Å². The highest BCUT2D eigenvalue weighted by atomic mass is 16.5. The lowest BCUT2D eigenvalue weighted by Crippen LogP contribution is -2.65. The second-order valence-corrected chi connectivity index (χ2v) is 19.5. The molecular weight excluding hydrogens is 871 g/mol. The molecule has 9 heterocycles. The maximum absolute atomic E-state index is 14.3. The number of fused-ring (bicyclic) bond motifs is 3. The van der Waals surface area contributed by atoms with Crippen LogP contribution in [0.2, 0.25) is 0 Å². The van der Waals surface area contributed by atoms with Crippen molar-refractivity contribution in [1.29, 1.82) is 0 Å². The summed E-state index contributed by atoms with van der Waals surface area (Å²) in [5, 5.41) is 26.7. The zero-order valence-corrected chi connectivity index (χ0v) is 38.2. The Morgan fingerprint density at radius 1 is 0.956 bits per heavy atom. The van der Waals surface area contributed by atoms with E-state index in [0.29, 0.717) is 60.3 Å². The Morgan fingerprint density at radius 2 is 1.78 bits per heavy atom. The predicted molar refractivity (Wildman–Crippen MR) is 249 cm³/mol. The van der Waals surface area contributed by atoms with E-state index in [1.54, 1.807) is 43.1 Å². The van der Waals surface area contributed by atoms with Crippen molar-refractivity contribution < 1.29 is 23.9 Å². The number of imide groups is 1. The highest BCUT2D eigenvalue weighted by Crippen LogP contribution is 2.49. The first-order valence-electron chi connectivity index (χ1n) is 23.5. The van der Waals surface area contributed by atoms with Gasteiger partial charge in [0, 0.05) is 88.6 Å². The van der Waals surface area contributed by atoms with Crippen LogP contribution in [0.5, 0.6) is 0 Å². The maximum atomic E-state index is 14.3. The van der Waals surface area contributed by atoms with Crippen LogP contribution in [-0.2, 0) is 34.5 Å². The summed E-state index contributed by atoms with van der Waals surface area (Å²) >= 11 is 0. The van der Waals surface area contributed by atoms with Gasteiger partial charge in [0.2, 0.25) is 11.8 Å². The molecule has 1 aromatic carbocycles. The summed E-state index contributed by atoms with van der Waals surface area (Å²) in [4.78, 5) is 77.4. The minimum absolute atomic E-state index is 0.0260. The van der Waals surface area contributed by atoms with Gasteiger partial charge in [0.1, 0.15) is 22.9 Å². The second-order valence-electron chi connectivity index (χ2n) is 19.5. The minimum Gasteiger partial charge on any atom is -0.379 e. The number of likely N-dealkylation sites (tertiary alicyclic amines) is 1. The average Bonchev–Trinajstić information content (AvgIpc) is 3.59. The molecule has 21 nitrogen and oxygen atoms in total. The number of nitrogens with zero attached hydrogens (tertiary/aromatic N) is 11. The molecule has 0 bridgehead atoms. The van der Waals surface area contributed by atoms with Gasteiger partial charge in [0.05, 0.1) is 59.8 Å². The molecule has 4 aliphatic heterocycles. The number of carbonyl (C=O) groups is 4. The molecule has 6 aromatic rings. The molecule has 2 aliphatic carbocycles. The molecule has 2 saturated carbocycles. The van der Waals surface area contributed by atoms with E-state index in [4.69, 9.17) is 19.9 Å². The molecule has 6 aliphatic rings. The molecular formula is C47H53N15O6. The van der Waals surface area contributed by atoms with Crippen LogP contribution in [0.1, 0.15) is 79.0 Å². The Bertz CT molecular complexity index is 3130. The molecule has 4 N–H and O–H groups in total. The molecule has 5 fully saturated rings. The van der Waals surface area contributed by atoms with Gasteiger partial charge >= 0.3 is 6.03 Å². The molecule has 12 rings (SSSR count). The third-order valence-corrected chi connectivity index (χ3v) is 15.5. The molecule has 0 radical (unpaired) electrons. The Morgan fingerprint density at radius 3 is 2.51 bits per heavy atom. The van der Waals surface area contributed by atoms with Crippen molar-refractivity contribution >= 4 is 63.3 Å². The van der Waals surface area contributed by atoms with E-state index >= 15 is 0 Å². The monoisotopic (exact) mass is 923 g/mol. The van der Waals surface area contributed by atoms with Crippen molar-refractivity contribution in [2.24, 2.45) is 12.5 Å². The van der Waals surface area contributed by atoms with E-state index < -0.39 is 5.92 Å². The first-order valence-corrected chi connectivity index (χ1v) is 23.5. The van der Waals surface area contributed by atoms with E-state index in [9.17, 15) is 24.0 Å². The zero-order chi connectivity index (χ0) is 46.6. The number of nitrogens with one attached hydrogen (secondary N) is 4. The number of aromatic nitrogens is 8. The molecule has 3 atom stereocenters. The van der Waals surface area contributed by atoms with Gasteiger partial charge in [-0.15, -0.1) is 0 Å². The van der Waals surface area contributed by atoms with Gasteiger partial charge in [-0.05, 0) is 75.3 Å². The minimum atomic E-state index is -0.443. The van der Waals surface area contributed by atoms with Gasteiger partial charge in [0.25, 0.3) is 11.5 Å². The fourth-order valence-electron chi connectivity index (χ4n) is 11.1. The van der Waals surface area contributed by atoms with Gasteiger partial charge in [-0.25, -0.2) is 9.78 Å². The smallest absolute Gasteiger partial charge is 0.320 e. The summed E-state index contributed by atoms with van der Waals surface area (Å²) in [6.07, 6.45) is 9.38. The van der Waals surface area contributed by atoms with Crippen molar-refractivity contribution in [3.8, 4) is 5.82 Å². The van der Waals surface area contributed by atoms with E-state index in [1.165, 1.54) is 10.8 Å². The molecule has 352 valence electrons. The summed E-state index contributed by atoms with van der Waals surface area (Å²) in [5.41, 5.74) is 4.00. The molecule has 3 saturated heterocycles. The lowest BCUT2D eigenvalue weighted by molar-refractivity contribution is -0.134. The highest BCUT2D eigenvalue weighted by Gasteiger charge is 2.57. The molecule has 68 heavy (non-hydrogen) atoms. The first-order chi connectivity index (χ1) is 32.9. The molecule has 5 amide bonds. The van der Waals surface area contributed by atoms with Crippen LogP contribution in [0.15, 0.2) is 59.7 Å². The topological polar surface area (TPSA) is 223 Å². The van der Waals surface area contributed by atoms with Crippen LogP contribution in [0, 0.1) is 5.41 Å². The normalized spacial score (nSPS) is 22.5. The zero-order valence-electron chi connectivity index (χ0n) is 38.2. The van der Waals surface area contributed by atoms with E-state index in [-0.39, 0.29) is 58.1 Å². The Hall–Kier alpha value is -7.29. The maximum Gasteiger partial charge on any atom is 0.320 e. The number of rotatable bonds is 9. The van der Waals surface area contributed by atoms with Crippen molar-refractivity contribution in [3.63, 3.8) is 0 Å². The van der Waals surface area contributed by atoms with Gasteiger partial charge in [-0.3, -0.25) is 38.4 Å². The Kier molecular flexibility index (Phi) is 9.68. The number of urea groups is 1. The average molecular weight is 924 g/mol. The number of benzene rings is 1. The highest BCUT2D eigenvalue weighted by molar-refractivity contribution is 6.03. The van der Waals surface area contributed by atoms with Crippen LogP contribution in [-0.4, -0.2) is 130 Å². The number of amides is 5. The number of methoxy groups -OCH3 is 1.